The van der Waals surface area contributed by atoms with Crippen molar-refractivity contribution in [3.63, 3.8) is 0 Å². The first-order valence-electron chi connectivity index (χ1n) is 7.55. The van der Waals surface area contributed by atoms with Crippen molar-refractivity contribution in [2.24, 2.45) is 0 Å². The lowest BCUT2D eigenvalue weighted by atomic mass is 10.0. The zero-order valence-electron chi connectivity index (χ0n) is 13.7. The van der Waals surface area contributed by atoms with E-state index in [1.54, 1.807) is 24.3 Å². The molecule has 0 bridgehead atoms. The SMILES string of the molecule is CC(=Cc1cc(F)c(-c2ccc(NC(C)C)cc2)cc1F)C(=O)O. The summed E-state index contributed by atoms with van der Waals surface area (Å²) in [6.45, 7) is 5.34. The zero-order chi connectivity index (χ0) is 17.9. The van der Waals surface area contributed by atoms with Crippen molar-refractivity contribution in [3.8, 4) is 11.1 Å². The zero-order valence-corrected chi connectivity index (χ0v) is 13.7. The number of aliphatic carboxylic acids is 1. The fourth-order valence-electron chi connectivity index (χ4n) is 2.27. The number of benzene rings is 2. The highest BCUT2D eigenvalue weighted by Gasteiger charge is 2.12. The average molecular weight is 331 g/mol. The van der Waals surface area contributed by atoms with Crippen LogP contribution in [0.25, 0.3) is 17.2 Å². The molecule has 2 aromatic rings. The topological polar surface area (TPSA) is 49.3 Å². The molecule has 0 aromatic heterocycles. The van der Waals surface area contributed by atoms with Gasteiger partial charge in [0.05, 0.1) is 0 Å². The maximum Gasteiger partial charge on any atom is 0.331 e. The molecule has 0 aliphatic carbocycles. The van der Waals surface area contributed by atoms with Crippen LogP contribution in [0.2, 0.25) is 0 Å². The molecule has 0 atom stereocenters. The van der Waals surface area contributed by atoms with E-state index >= 15 is 0 Å². The molecular formula is C19H19F2NO2. The summed E-state index contributed by atoms with van der Waals surface area (Å²) < 4.78 is 28.5. The molecule has 0 radical (unpaired) electrons. The maximum absolute atomic E-state index is 14.3. The second-order valence-electron chi connectivity index (χ2n) is 5.86. The highest BCUT2D eigenvalue weighted by Crippen LogP contribution is 2.28. The van der Waals surface area contributed by atoms with Crippen LogP contribution in [0.15, 0.2) is 42.0 Å². The van der Waals surface area contributed by atoms with Crippen LogP contribution in [0.4, 0.5) is 14.5 Å². The van der Waals surface area contributed by atoms with E-state index in [0.717, 1.165) is 23.9 Å². The van der Waals surface area contributed by atoms with Crippen LogP contribution in [0.5, 0.6) is 0 Å². The van der Waals surface area contributed by atoms with Gasteiger partial charge < -0.3 is 10.4 Å². The van der Waals surface area contributed by atoms with E-state index in [1.807, 2.05) is 13.8 Å². The minimum atomic E-state index is -1.17. The largest absolute Gasteiger partial charge is 0.478 e. The number of carboxylic acid groups (broad SMARTS) is 1. The molecule has 126 valence electrons. The molecule has 0 aliphatic rings. The molecule has 5 heteroatoms. The average Bonchev–Trinajstić information content (AvgIpc) is 2.50. The second kappa shape index (κ2) is 7.25. The lowest BCUT2D eigenvalue weighted by Gasteiger charge is -2.11. The van der Waals surface area contributed by atoms with E-state index < -0.39 is 17.6 Å². The van der Waals surface area contributed by atoms with Crippen LogP contribution in [0.1, 0.15) is 26.3 Å². The Hall–Kier alpha value is -2.69. The van der Waals surface area contributed by atoms with Crippen molar-refractivity contribution in [2.45, 2.75) is 26.8 Å². The van der Waals surface area contributed by atoms with Gasteiger partial charge in [-0.05, 0) is 56.7 Å². The number of rotatable bonds is 5. The van der Waals surface area contributed by atoms with Crippen molar-refractivity contribution in [3.05, 3.63) is 59.2 Å². The Morgan fingerprint density at radius 1 is 1.12 bits per heavy atom. The number of carboxylic acids is 1. The molecule has 24 heavy (non-hydrogen) atoms. The molecule has 0 fully saturated rings. The van der Waals surface area contributed by atoms with Gasteiger partial charge >= 0.3 is 5.97 Å². The number of hydrogen-bond donors (Lipinski definition) is 2. The van der Waals surface area contributed by atoms with E-state index in [-0.39, 0.29) is 22.7 Å². The fourth-order valence-corrected chi connectivity index (χ4v) is 2.27. The first-order chi connectivity index (χ1) is 11.3. The van der Waals surface area contributed by atoms with Gasteiger partial charge in [-0.1, -0.05) is 12.1 Å². The minimum Gasteiger partial charge on any atom is -0.478 e. The molecule has 0 saturated carbocycles. The third-order valence-corrected chi connectivity index (χ3v) is 3.45. The second-order valence-corrected chi connectivity index (χ2v) is 5.86. The summed E-state index contributed by atoms with van der Waals surface area (Å²) in [5.74, 6) is -2.45. The molecule has 0 unspecified atom stereocenters. The first kappa shape index (κ1) is 17.7. The lowest BCUT2D eigenvalue weighted by molar-refractivity contribution is -0.132. The van der Waals surface area contributed by atoms with Crippen LogP contribution in [0, 0.1) is 11.6 Å². The predicted octanol–water partition coefficient (Wildman–Crippen LogP) is 4.94. The Bertz CT molecular complexity index is 781. The van der Waals surface area contributed by atoms with Gasteiger partial charge in [0, 0.05) is 28.4 Å². The first-order valence-corrected chi connectivity index (χ1v) is 7.55. The summed E-state index contributed by atoms with van der Waals surface area (Å²) in [5.41, 5.74) is 1.42. The van der Waals surface area contributed by atoms with Gasteiger partial charge in [-0.15, -0.1) is 0 Å². The highest BCUT2D eigenvalue weighted by molar-refractivity contribution is 5.91. The van der Waals surface area contributed by atoms with Crippen molar-refractivity contribution in [1.29, 1.82) is 0 Å². The normalized spacial score (nSPS) is 11.7. The summed E-state index contributed by atoms with van der Waals surface area (Å²) >= 11 is 0. The van der Waals surface area contributed by atoms with Crippen molar-refractivity contribution >= 4 is 17.7 Å². The molecule has 2 rings (SSSR count). The van der Waals surface area contributed by atoms with Crippen LogP contribution in [-0.2, 0) is 4.79 Å². The summed E-state index contributed by atoms with van der Waals surface area (Å²) in [6.07, 6.45) is 1.11. The third-order valence-electron chi connectivity index (χ3n) is 3.45. The summed E-state index contributed by atoms with van der Waals surface area (Å²) in [5, 5.41) is 12.1. The van der Waals surface area contributed by atoms with E-state index in [9.17, 15) is 13.6 Å². The van der Waals surface area contributed by atoms with Crippen LogP contribution in [0.3, 0.4) is 0 Å². The van der Waals surface area contributed by atoms with Crippen LogP contribution < -0.4 is 5.32 Å². The van der Waals surface area contributed by atoms with Gasteiger partial charge in [-0.2, -0.15) is 0 Å². The van der Waals surface area contributed by atoms with Crippen molar-refractivity contribution < 1.29 is 18.7 Å². The predicted molar refractivity (Wildman–Crippen MR) is 91.8 cm³/mol. The quantitative estimate of drug-likeness (QED) is 0.763. The van der Waals surface area contributed by atoms with Gasteiger partial charge in [0.25, 0.3) is 0 Å². The fraction of sp³-hybridized carbons (Fsp3) is 0.211. The number of anilines is 1. The Labute approximate surface area is 139 Å². The van der Waals surface area contributed by atoms with Gasteiger partial charge in [-0.3, -0.25) is 0 Å². The molecule has 0 saturated heterocycles. The number of halogens is 2. The monoisotopic (exact) mass is 331 g/mol. The van der Waals surface area contributed by atoms with Crippen LogP contribution >= 0.6 is 0 Å². The van der Waals surface area contributed by atoms with Gasteiger partial charge in [0.2, 0.25) is 0 Å². The van der Waals surface area contributed by atoms with Gasteiger partial charge in [-0.25, -0.2) is 13.6 Å². The van der Waals surface area contributed by atoms with Gasteiger partial charge in [0.1, 0.15) is 11.6 Å². The molecule has 2 N–H and O–H groups in total. The lowest BCUT2D eigenvalue weighted by Crippen LogP contribution is -2.09. The highest BCUT2D eigenvalue weighted by atomic mass is 19.1. The standard InChI is InChI=1S/C19H19F2NO2/c1-11(2)22-15-6-4-13(5-7-15)16-10-17(20)14(9-18(16)21)8-12(3)19(23)24/h4-11,22H,1-3H3,(H,23,24). The Morgan fingerprint density at radius 2 is 1.75 bits per heavy atom. The van der Waals surface area contributed by atoms with Crippen molar-refractivity contribution in [2.75, 3.05) is 5.32 Å². The molecule has 2 aromatic carbocycles. The Balaban J connectivity index is 2.37. The number of nitrogens with one attached hydrogen (secondary N) is 1. The van der Waals surface area contributed by atoms with E-state index in [0.29, 0.717) is 5.56 Å². The number of hydrogen-bond acceptors (Lipinski definition) is 2. The minimum absolute atomic E-state index is 0.0647. The summed E-state index contributed by atoms with van der Waals surface area (Å²) in [7, 11) is 0. The van der Waals surface area contributed by atoms with E-state index in [2.05, 4.69) is 5.32 Å². The molecular weight excluding hydrogens is 312 g/mol. The molecule has 0 amide bonds. The van der Waals surface area contributed by atoms with Gasteiger partial charge in [0.15, 0.2) is 0 Å². The Kier molecular flexibility index (Phi) is 5.34. The molecule has 0 spiro atoms. The van der Waals surface area contributed by atoms with Crippen LogP contribution in [-0.4, -0.2) is 17.1 Å². The van der Waals surface area contributed by atoms with E-state index in [1.165, 1.54) is 6.92 Å². The summed E-state index contributed by atoms with van der Waals surface area (Å²) in [4.78, 5) is 10.8. The summed E-state index contributed by atoms with van der Waals surface area (Å²) in [6, 6.07) is 9.39. The smallest absolute Gasteiger partial charge is 0.331 e. The Morgan fingerprint density at radius 3 is 2.29 bits per heavy atom. The third kappa shape index (κ3) is 4.19. The van der Waals surface area contributed by atoms with E-state index in [4.69, 9.17) is 5.11 Å². The molecule has 0 heterocycles. The van der Waals surface area contributed by atoms with Crippen molar-refractivity contribution in [1.82, 2.24) is 0 Å². The number of carbonyl (C=O) groups is 1. The molecule has 3 nitrogen and oxygen atoms in total. The maximum atomic E-state index is 14.3. The molecule has 0 aliphatic heterocycles.